The minimum Gasteiger partial charge on any atom is -0.483 e. The van der Waals surface area contributed by atoms with Crippen LogP contribution in [0.3, 0.4) is 0 Å². The molecule has 0 aromatic heterocycles. The topological polar surface area (TPSA) is 9.23 Å². The molecular formula is C13H6BrF5O. The predicted octanol–water partition coefficient (Wildman–Crippen LogP) is 4.72. The highest BCUT2D eigenvalue weighted by Gasteiger charge is 2.20. The van der Waals surface area contributed by atoms with E-state index < -0.39 is 41.4 Å². The predicted molar refractivity (Wildman–Crippen MR) is 64.7 cm³/mol. The van der Waals surface area contributed by atoms with Gasteiger partial charge in [0, 0.05) is 16.1 Å². The third kappa shape index (κ3) is 2.92. The smallest absolute Gasteiger partial charge is 0.203 e. The molecule has 0 aliphatic carbocycles. The minimum absolute atomic E-state index is 0.0886. The van der Waals surface area contributed by atoms with Crippen LogP contribution in [0.15, 0.2) is 28.7 Å². The van der Waals surface area contributed by atoms with Gasteiger partial charge in [0.15, 0.2) is 17.4 Å². The van der Waals surface area contributed by atoms with Gasteiger partial charge < -0.3 is 4.74 Å². The normalized spacial score (nSPS) is 10.7. The van der Waals surface area contributed by atoms with E-state index in [9.17, 15) is 22.0 Å². The average molecular weight is 353 g/mol. The van der Waals surface area contributed by atoms with E-state index in [1.807, 2.05) is 0 Å². The second-order valence-electron chi connectivity index (χ2n) is 3.82. The first-order chi connectivity index (χ1) is 9.40. The van der Waals surface area contributed by atoms with Gasteiger partial charge >= 0.3 is 0 Å². The Bertz CT molecular complexity index is 633. The molecule has 0 spiro atoms. The molecule has 2 rings (SSSR count). The summed E-state index contributed by atoms with van der Waals surface area (Å²) in [4.78, 5) is 0. The zero-order chi connectivity index (χ0) is 14.9. The Kier molecular flexibility index (Phi) is 4.27. The van der Waals surface area contributed by atoms with Crippen LogP contribution in [0.2, 0.25) is 0 Å². The van der Waals surface area contributed by atoms with Crippen molar-refractivity contribution in [2.75, 3.05) is 0 Å². The summed E-state index contributed by atoms with van der Waals surface area (Å²) < 4.78 is 70.5. The number of hydrogen-bond donors (Lipinski definition) is 0. The van der Waals surface area contributed by atoms with Crippen LogP contribution < -0.4 is 4.74 Å². The molecule has 0 N–H and O–H groups in total. The third-order valence-corrected chi connectivity index (χ3v) is 3.20. The summed E-state index contributed by atoms with van der Waals surface area (Å²) in [6.45, 7) is -0.391. The highest BCUT2D eigenvalue weighted by atomic mass is 79.9. The maximum Gasteiger partial charge on any atom is 0.203 e. The van der Waals surface area contributed by atoms with E-state index in [0.29, 0.717) is 10.0 Å². The monoisotopic (exact) mass is 352 g/mol. The fourth-order valence-electron chi connectivity index (χ4n) is 1.47. The summed E-state index contributed by atoms with van der Waals surface area (Å²) in [6, 6.07) is 3.64. The largest absolute Gasteiger partial charge is 0.483 e. The first-order valence-electron chi connectivity index (χ1n) is 5.30. The summed E-state index contributed by atoms with van der Waals surface area (Å²) in [6.07, 6.45) is 0. The second kappa shape index (κ2) is 5.78. The maximum atomic E-state index is 13.3. The van der Waals surface area contributed by atoms with Crippen LogP contribution in [0.4, 0.5) is 22.0 Å². The van der Waals surface area contributed by atoms with Crippen molar-refractivity contribution in [3.63, 3.8) is 0 Å². The Balaban J connectivity index is 2.27. The molecule has 0 atom stereocenters. The lowest BCUT2D eigenvalue weighted by molar-refractivity contribution is 0.261. The lowest BCUT2D eigenvalue weighted by Gasteiger charge is -2.10. The standard InChI is InChI=1S/C13H6BrF5O/c14-8-3-7(15)2-1-6(8)5-20-13-11(18)9(16)4-10(17)12(13)19/h1-4H,5H2. The van der Waals surface area contributed by atoms with E-state index >= 15 is 0 Å². The zero-order valence-corrected chi connectivity index (χ0v) is 11.3. The van der Waals surface area contributed by atoms with Gasteiger partial charge in [-0.2, -0.15) is 8.78 Å². The van der Waals surface area contributed by atoms with Crippen LogP contribution in [0, 0.1) is 29.1 Å². The molecule has 0 unspecified atom stereocenters. The van der Waals surface area contributed by atoms with Gasteiger partial charge in [0.25, 0.3) is 0 Å². The van der Waals surface area contributed by atoms with Crippen molar-refractivity contribution in [2.45, 2.75) is 6.61 Å². The lowest BCUT2D eigenvalue weighted by atomic mass is 10.2. The van der Waals surface area contributed by atoms with E-state index in [0.717, 1.165) is 12.1 Å². The van der Waals surface area contributed by atoms with Crippen molar-refractivity contribution in [3.05, 3.63) is 63.4 Å². The van der Waals surface area contributed by atoms with Crippen molar-refractivity contribution < 1.29 is 26.7 Å². The van der Waals surface area contributed by atoms with Crippen molar-refractivity contribution in [3.8, 4) is 5.75 Å². The van der Waals surface area contributed by atoms with Gasteiger partial charge in [-0.25, -0.2) is 13.2 Å². The highest BCUT2D eigenvalue weighted by molar-refractivity contribution is 9.10. The molecule has 0 saturated carbocycles. The molecule has 1 nitrogen and oxygen atoms in total. The molecule has 106 valence electrons. The summed E-state index contributed by atoms with van der Waals surface area (Å²) >= 11 is 3.03. The Morgan fingerprint density at radius 1 is 0.900 bits per heavy atom. The van der Waals surface area contributed by atoms with Gasteiger partial charge in [-0.1, -0.05) is 22.0 Å². The Morgan fingerprint density at radius 2 is 1.50 bits per heavy atom. The van der Waals surface area contributed by atoms with Crippen LogP contribution in [0.25, 0.3) is 0 Å². The van der Waals surface area contributed by atoms with E-state index in [2.05, 4.69) is 15.9 Å². The zero-order valence-electron chi connectivity index (χ0n) is 9.69. The van der Waals surface area contributed by atoms with Crippen molar-refractivity contribution in [1.29, 1.82) is 0 Å². The van der Waals surface area contributed by atoms with E-state index in [-0.39, 0.29) is 6.07 Å². The molecule has 0 aliphatic rings. The van der Waals surface area contributed by atoms with Gasteiger partial charge in [0.1, 0.15) is 12.4 Å². The molecule has 0 fully saturated rings. The first kappa shape index (κ1) is 14.8. The molecule has 0 saturated heterocycles. The molecule has 2 aromatic rings. The molecular weight excluding hydrogens is 347 g/mol. The minimum atomic E-state index is -1.62. The highest BCUT2D eigenvalue weighted by Crippen LogP contribution is 2.28. The van der Waals surface area contributed by atoms with Crippen LogP contribution in [-0.2, 0) is 6.61 Å². The number of hydrogen-bond acceptors (Lipinski definition) is 1. The molecule has 20 heavy (non-hydrogen) atoms. The Labute approximate surface area is 119 Å². The van der Waals surface area contributed by atoms with Crippen molar-refractivity contribution in [1.82, 2.24) is 0 Å². The van der Waals surface area contributed by atoms with E-state index in [1.165, 1.54) is 6.07 Å². The van der Waals surface area contributed by atoms with Gasteiger partial charge in [-0.3, -0.25) is 0 Å². The van der Waals surface area contributed by atoms with Gasteiger partial charge in [-0.15, -0.1) is 0 Å². The summed E-state index contributed by atoms with van der Waals surface area (Å²) in [5.41, 5.74) is 0.356. The third-order valence-electron chi connectivity index (χ3n) is 2.46. The molecule has 2 aromatic carbocycles. The maximum absolute atomic E-state index is 13.3. The fourth-order valence-corrected chi connectivity index (χ4v) is 1.93. The number of rotatable bonds is 3. The van der Waals surface area contributed by atoms with Crippen LogP contribution in [0.1, 0.15) is 5.56 Å². The summed E-state index contributed by atoms with van der Waals surface area (Å²) in [5, 5.41) is 0. The average Bonchev–Trinajstić information content (AvgIpc) is 2.38. The molecule has 7 heteroatoms. The first-order valence-corrected chi connectivity index (χ1v) is 6.09. The van der Waals surface area contributed by atoms with Crippen molar-refractivity contribution in [2.24, 2.45) is 0 Å². The second-order valence-corrected chi connectivity index (χ2v) is 4.68. The van der Waals surface area contributed by atoms with Gasteiger partial charge in [0.05, 0.1) is 0 Å². The molecule has 0 bridgehead atoms. The molecule has 0 heterocycles. The molecule has 0 amide bonds. The Hall–Kier alpha value is -1.63. The number of halogens is 6. The molecule has 0 radical (unpaired) electrons. The SMILES string of the molecule is Fc1ccc(COc2c(F)c(F)cc(F)c2F)c(Br)c1. The number of benzene rings is 2. The summed E-state index contributed by atoms with van der Waals surface area (Å²) in [5.74, 6) is -8.04. The fraction of sp³-hybridized carbons (Fsp3) is 0.0769. The number of ether oxygens (including phenoxy) is 1. The van der Waals surface area contributed by atoms with Crippen molar-refractivity contribution >= 4 is 15.9 Å². The van der Waals surface area contributed by atoms with E-state index in [1.54, 1.807) is 0 Å². The summed E-state index contributed by atoms with van der Waals surface area (Å²) in [7, 11) is 0. The van der Waals surface area contributed by atoms with Crippen LogP contribution in [-0.4, -0.2) is 0 Å². The van der Waals surface area contributed by atoms with Crippen LogP contribution >= 0.6 is 15.9 Å². The van der Waals surface area contributed by atoms with Gasteiger partial charge in [-0.05, 0) is 12.1 Å². The van der Waals surface area contributed by atoms with Gasteiger partial charge in [0.2, 0.25) is 11.6 Å². The quantitative estimate of drug-likeness (QED) is 0.573. The lowest BCUT2D eigenvalue weighted by Crippen LogP contribution is -2.04. The Morgan fingerprint density at radius 3 is 2.05 bits per heavy atom. The molecule has 0 aliphatic heterocycles. The van der Waals surface area contributed by atoms with Crippen LogP contribution in [0.5, 0.6) is 5.75 Å². The van der Waals surface area contributed by atoms with E-state index in [4.69, 9.17) is 4.74 Å².